The maximum absolute atomic E-state index is 12.3. The van der Waals surface area contributed by atoms with E-state index in [1.165, 1.54) is 7.11 Å². The third kappa shape index (κ3) is 2.81. The maximum Gasteiger partial charge on any atom is 0.338 e. The summed E-state index contributed by atoms with van der Waals surface area (Å²) in [6.07, 6.45) is 0.548. The van der Waals surface area contributed by atoms with Crippen LogP contribution in [-0.4, -0.2) is 26.1 Å². The molecule has 0 spiro atoms. The van der Waals surface area contributed by atoms with Crippen LogP contribution in [0.3, 0.4) is 0 Å². The summed E-state index contributed by atoms with van der Waals surface area (Å²) in [5, 5.41) is 0. The standard InChI is InChI=1S/C23H19NO4/c1-27-16-7-3-5-13(9-16)15-11-19-18(20(12-15)22(24)25)10-14-6-4-8-17(21(14)19)23(26)28-2/h3-9,11-12H,10H2,1-2H3,(H2,24,25). The highest BCUT2D eigenvalue weighted by Gasteiger charge is 2.28. The minimum atomic E-state index is -0.492. The number of esters is 1. The summed E-state index contributed by atoms with van der Waals surface area (Å²) < 4.78 is 10.3. The average Bonchev–Trinajstić information content (AvgIpc) is 3.11. The van der Waals surface area contributed by atoms with E-state index in [9.17, 15) is 9.59 Å². The Labute approximate surface area is 162 Å². The van der Waals surface area contributed by atoms with Crippen molar-refractivity contribution < 1.29 is 19.1 Å². The van der Waals surface area contributed by atoms with Gasteiger partial charge in [-0.3, -0.25) is 4.79 Å². The number of nitrogens with two attached hydrogens (primary N) is 1. The maximum atomic E-state index is 12.3. The molecule has 2 N–H and O–H groups in total. The van der Waals surface area contributed by atoms with E-state index in [0.717, 1.165) is 33.4 Å². The molecule has 0 atom stereocenters. The van der Waals surface area contributed by atoms with Crippen molar-refractivity contribution in [3.63, 3.8) is 0 Å². The molecule has 5 heteroatoms. The molecule has 1 amide bonds. The van der Waals surface area contributed by atoms with Gasteiger partial charge in [0.05, 0.1) is 19.8 Å². The van der Waals surface area contributed by atoms with Crippen LogP contribution < -0.4 is 10.5 Å². The molecule has 0 fully saturated rings. The van der Waals surface area contributed by atoms with Crippen LogP contribution in [0.1, 0.15) is 31.8 Å². The van der Waals surface area contributed by atoms with Crippen LogP contribution in [0.4, 0.5) is 0 Å². The Morgan fingerprint density at radius 3 is 2.43 bits per heavy atom. The molecule has 5 nitrogen and oxygen atoms in total. The van der Waals surface area contributed by atoms with E-state index in [1.54, 1.807) is 19.2 Å². The highest BCUT2D eigenvalue weighted by molar-refractivity contribution is 6.04. The van der Waals surface area contributed by atoms with Crippen molar-refractivity contribution in [2.24, 2.45) is 5.73 Å². The zero-order valence-corrected chi connectivity index (χ0v) is 15.6. The summed E-state index contributed by atoms with van der Waals surface area (Å²) in [6, 6.07) is 16.9. The van der Waals surface area contributed by atoms with E-state index < -0.39 is 11.9 Å². The zero-order valence-electron chi connectivity index (χ0n) is 15.6. The van der Waals surface area contributed by atoms with Crippen molar-refractivity contribution in [2.75, 3.05) is 14.2 Å². The fourth-order valence-corrected chi connectivity index (χ4v) is 3.81. The average molecular weight is 373 g/mol. The van der Waals surface area contributed by atoms with Gasteiger partial charge in [-0.15, -0.1) is 0 Å². The lowest BCUT2D eigenvalue weighted by molar-refractivity contribution is 0.0601. The van der Waals surface area contributed by atoms with Crippen LogP contribution in [0.25, 0.3) is 22.3 Å². The molecule has 0 unspecified atom stereocenters. The lowest BCUT2D eigenvalue weighted by atomic mass is 9.92. The Kier molecular flexibility index (Phi) is 4.35. The first-order chi connectivity index (χ1) is 13.5. The molecule has 0 radical (unpaired) electrons. The predicted octanol–water partition coefficient (Wildman–Crippen LogP) is 3.82. The quantitative estimate of drug-likeness (QED) is 0.552. The molecule has 0 bridgehead atoms. The van der Waals surface area contributed by atoms with E-state index in [2.05, 4.69) is 0 Å². The first-order valence-corrected chi connectivity index (χ1v) is 8.85. The van der Waals surface area contributed by atoms with Crippen LogP contribution in [0, 0.1) is 0 Å². The van der Waals surface area contributed by atoms with Crippen molar-refractivity contribution in [1.82, 2.24) is 0 Å². The highest BCUT2D eigenvalue weighted by atomic mass is 16.5. The smallest absolute Gasteiger partial charge is 0.338 e. The third-order valence-corrected chi connectivity index (χ3v) is 5.11. The molecule has 1 aliphatic rings. The molecule has 140 valence electrons. The molecule has 4 rings (SSSR count). The minimum absolute atomic E-state index is 0.405. The van der Waals surface area contributed by atoms with Crippen molar-refractivity contribution in [2.45, 2.75) is 6.42 Å². The van der Waals surface area contributed by atoms with Gasteiger partial charge in [0.25, 0.3) is 0 Å². The Balaban J connectivity index is 1.98. The van der Waals surface area contributed by atoms with Crippen molar-refractivity contribution in [1.29, 1.82) is 0 Å². The molecule has 0 saturated carbocycles. The highest BCUT2D eigenvalue weighted by Crippen LogP contribution is 2.43. The van der Waals surface area contributed by atoms with Crippen LogP contribution in [0.2, 0.25) is 0 Å². The number of carbonyl (C=O) groups is 2. The van der Waals surface area contributed by atoms with Gasteiger partial charge in [-0.1, -0.05) is 24.3 Å². The van der Waals surface area contributed by atoms with E-state index in [0.29, 0.717) is 23.3 Å². The Morgan fingerprint density at radius 1 is 0.929 bits per heavy atom. The number of fused-ring (bicyclic) bond motifs is 3. The summed E-state index contributed by atoms with van der Waals surface area (Å²) in [4.78, 5) is 24.5. The summed E-state index contributed by atoms with van der Waals surface area (Å²) in [5.41, 5.74) is 11.8. The third-order valence-electron chi connectivity index (χ3n) is 5.11. The van der Waals surface area contributed by atoms with Gasteiger partial charge in [0.2, 0.25) is 5.91 Å². The van der Waals surface area contributed by atoms with Crippen LogP contribution in [0.5, 0.6) is 5.75 Å². The number of benzene rings is 3. The number of methoxy groups -OCH3 is 2. The van der Waals surface area contributed by atoms with Crippen LogP contribution in [0.15, 0.2) is 54.6 Å². The minimum Gasteiger partial charge on any atom is -0.497 e. The number of rotatable bonds is 4. The van der Waals surface area contributed by atoms with E-state index in [-0.39, 0.29) is 0 Å². The molecule has 28 heavy (non-hydrogen) atoms. The summed E-state index contributed by atoms with van der Waals surface area (Å²) in [5.74, 6) is -0.181. The van der Waals surface area contributed by atoms with Gasteiger partial charge in [0.15, 0.2) is 0 Å². The first kappa shape index (κ1) is 17.8. The molecule has 0 heterocycles. The monoisotopic (exact) mass is 373 g/mol. The Hall–Kier alpha value is -3.60. The van der Waals surface area contributed by atoms with Gasteiger partial charge < -0.3 is 15.2 Å². The van der Waals surface area contributed by atoms with Gasteiger partial charge in [-0.2, -0.15) is 0 Å². The second kappa shape index (κ2) is 6.85. The molecule has 3 aromatic carbocycles. The second-order valence-corrected chi connectivity index (χ2v) is 6.65. The van der Waals surface area contributed by atoms with E-state index >= 15 is 0 Å². The number of hydrogen-bond acceptors (Lipinski definition) is 4. The molecule has 1 aliphatic carbocycles. The number of hydrogen-bond donors (Lipinski definition) is 1. The van der Waals surface area contributed by atoms with Crippen molar-refractivity contribution in [3.8, 4) is 28.0 Å². The molecule has 0 aromatic heterocycles. The summed E-state index contributed by atoms with van der Waals surface area (Å²) >= 11 is 0. The lowest BCUT2D eigenvalue weighted by Crippen LogP contribution is -2.14. The number of carbonyl (C=O) groups excluding carboxylic acids is 2. The molecular weight excluding hydrogens is 354 g/mol. The molecule has 0 aliphatic heterocycles. The fourth-order valence-electron chi connectivity index (χ4n) is 3.81. The number of primary amides is 1. The molecule has 0 saturated heterocycles. The van der Waals surface area contributed by atoms with E-state index in [4.69, 9.17) is 15.2 Å². The zero-order chi connectivity index (χ0) is 19.8. The predicted molar refractivity (Wildman–Crippen MR) is 107 cm³/mol. The summed E-state index contributed by atoms with van der Waals surface area (Å²) in [7, 11) is 2.97. The van der Waals surface area contributed by atoms with E-state index in [1.807, 2.05) is 42.5 Å². The second-order valence-electron chi connectivity index (χ2n) is 6.65. The Morgan fingerprint density at radius 2 is 1.71 bits per heavy atom. The number of amides is 1. The Bertz CT molecular complexity index is 1120. The van der Waals surface area contributed by atoms with Gasteiger partial charge in [-0.05, 0) is 64.6 Å². The van der Waals surface area contributed by atoms with Gasteiger partial charge in [-0.25, -0.2) is 4.79 Å². The van der Waals surface area contributed by atoms with Crippen molar-refractivity contribution >= 4 is 11.9 Å². The molecular formula is C23H19NO4. The van der Waals surface area contributed by atoms with Crippen molar-refractivity contribution in [3.05, 3.63) is 76.9 Å². The summed E-state index contributed by atoms with van der Waals surface area (Å²) in [6.45, 7) is 0. The first-order valence-electron chi connectivity index (χ1n) is 8.85. The van der Waals surface area contributed by atoms with Gasteiger partial charge in [0, 0.05) is 11.1 Å². The topological polar surface area (TPSA) is 78.6 Å². The fraction of sp³-hybridized carbons (Fsp3) is 0.130. The normalized spacial score (nSPS) is 11.5. The number of ether oxygens (including phenoxy) is 2. The molecule has 3 aromatic rings. The lowest BCUT2D eigenvalue weighted by Gasteiger charge is -2.12. The van der Waals surface area contributed by atoms with Gasteiger partial charge >= 0.3 is 5.97 Å². The SMILES string of the molecule is COC(=O)c1cccc2c1-c1cc(-c3cccc(OC)c3)cc(C(N)=O)c1C2. The van der Waals surface area contributed by atoms with Gasteiger partial charge in [0.1, 0.15) is 5.75 Å². The van der Waals surface area contributed by atoms with Crippen LogP contribution in [-0.2, 0) is 11.2 Å². The van der Waals surface area contributed by atoms with Crippen LogP contribution >= 0.6 is 0 Å². The largest absolute Gasteiger partial charge is 0.497 e.